The molecular weight excluding hydrogens is 194 g/mol. The summed E-state index contributed by atoms with van der Waals surface area (Å²) in [5.41, 5.74) is 3.19. The summed E-state index contributed by atoms with van der Waals surface area (Å²) in [6.07, 6.45) is 0. The summed E-state index contributed by atoms with van der Waals surface area (Å²) in [4.78, 5) is 17.8. The lowest BCUT2D eigenvalue weighted by atomic mass is 10.1. The largest absolute Gasteiger partial charge is 0.342 e. The van der Waals surface area contributed by atoms with E-state index in [9.17, 15) is 10.1 Å². The Kier molecular flexibility index (Phi) is 1.96. The Morgan fingerprint density at radius 3 is 2.67 bits per heavy atom. The highest BCUT2D eigenvalue weighted by Crippen LogP contribution is 2.28. The molecule has 0 fully saturated rings. The average Bonchev–Trinajstić information content (AvgIpc) is 2.53. The van der Waals surface area contributed by atoms with Gasteiger partial charge in [-0.25, -0.2) is 4.98 Å². The van der Waals surface area contributed by atoms with Gasteiger partial charge in [-0.2, -0.15) is 0 Å². The first-order chi connectivity index (χ1) is 7.00. The zero-order valence-electron chi connectivity index (χ0n) is 8.79. The van der Waals surface area contributed by atoms with Crippen LogP contribution in [0.1, 0.15) is 17.0 Å². The molecule has 5 heteroatoms. The van der Waals surface area contributed by atoms with Gasteiger partial charge in [0.25, 0.3) is 5.69 Å². The number of nitro groups is 1. The van der Waals surface area contributed by atoms with Crippen molar-refractivity contribution in [1.29, 1.82) is 0 Å². The molecule has 2 rings (SSSR count). The van der Waals surface area contributed by atoms with Gasteiger partial charge in [-0.3, -0.25) is 10.1 Å². The first-order valence-electron chi connectivity index (χ1n) is 4.61. The van der Waals surface area contributed by atoms with E-state index in [1.807, 2.05) is 13.8 Å². The molecule has 5 nitrogen and oxygen atoms in total. The fourth-order valence-corrected chi connectivity index (χ4v) is 1.75. The van der Waals surface area contributed by atoms with Crippen LogP contribution in [0.2, 0.25) is 0 Å². The molecule has 0 saturated carbocycles. The van der Waals surface area contributed by atoms with Crippen molar-refractivity contribution >= 4 is 16.7 Å². The highest BCUT2D eigenvalue weighted by molar-refractivity contribution is 5.85. The van der Waals surface area contributed by atoms with E-state index < -0.39 is 0 Å². The number of nitrogens with zero attached hydrogens (tertiary/aromatic N) is 2. The van der Waals surface area contributed by atoms with E-state index in [0.717, 1.165) is 22.4 Å². The average molecular weight is 205 g/mol. The Labute approximate surface area is 86.3 Å². The summed E-state index contributed by atoms with van der Waals surface area (Å²) in [5, 5.41) is 10.8. The maximum atomic E-state index is 10.8. The molecule has 0 unspecified atom stereocenters. The summed E-state index contributed by atoms with van der Waals surface area (Å²) >= 11 is 0. The van der Waals surface area contributed by atoms with Gasteiger partial charge in [-0.05, 0) is 26.3 Å². The van der Waals surface area contributed by atoms with Crippen molar-refractivity contribution in [3.05, 3.63) is 33.1 Å². The molecule has 0 atom stereocenters. The highest BCUT2D eigenvalue weighted by Gasteiger charge is 2.17. The predicted octanol–water partition coefficient (Wildman–Crippen LogP) is 2.40. The summed E-state index contributed by atoms with van der Waals surface area (Å²) in [5.74, 6) is 0.775. The van der Waals surface area contributed by atoms with Gasteiger partial charge in [0.1, 0.15) is 5.82 Å². The van der Waals surface area contributed by atoms with Crippen molar-refractivity contribution in [3.8, 4) is 0 Å². The van der Waals surface area contributed by atoms with Crippen LogP contribution >= 0.6 is 0 Å². The van der Waals surface area contributed by atoms with E-state index >= 15 is 0 Å². The highest BCUT2D eigenvalue weighted by atomic mass is 16.6. The molecule has 1 aromatic heterocycles. The molecule has 0 aliphatic rings. The minimum Gasteiger partial charge on any atom is -0.342 e. The maximum Gasteiger partial charge on any atom is 0.274 e. The van der Waals surface area contributed by atoms with Gasteiger partial charge < -0.3 is 4.98 Å². The van der Waals surface area contributed by atoms with Crippen LogP contribution in [0.3, 0.4) is 0 Å². The third kappa shape index (κ3) is 1.36. The lowest BCUT2D eigenvalue weighted by Crippen LogP contribution is -1.94. The SMILES string of the molecule is Cc1nc2c(C)cc([N+](=O)[O-])c(C)c2[nH]1. The standard InChI is InChI=1S/C10H11N3O2/c1-5-4-8(13(14)15)6(2)10-9(5)11-7(3)12-10/h4H,1-3H3,(H,11,12). The number of H-pyrrole nitrogens is 1. The van der Waals surface area contributed by atoms with Crippen molar-refractivity contribution in [2.24, 2.45) is 0 Å². The molecule has 0 radical (unpaired) electrons. The zero-order chi connectivity index (χ0) is 11.2. The first kappa shape index (κ1) is 9.64. The molecule has 0 spiro atoms. The van der Waals surface area contributed by atoms with Crippen molar-refractivity contribution in [2.75, 3.05) is 0 Å². The number of imidazole rings is 1. The number of nitro benzene ring substituents is 1. The van der Waals surface area contributed by atoms with Crippen LogP contribution < -0.4 is 0 Å². The molecule has 1 aromatic carbocycles. The third-order valence-corrected chi connectivity index (χ3v) is 2.50. The minimum absolute atomic E-state index is 0.142. The normalized spacial score (nSPS) is 10.9. The second-order valence-corrected chi connectivity index (χ2v) is 3.64. The Morgan fingerprint density at radius 1 is 1.40 bits per heavy atom. The van der Waals surface area contributed by atoms with E-state index in [0.29, 0.717) is 5.56 Å². The molecule has 0 saturated heterocycles. The molecule has 0 bridgehead atoms. The van der Waals surface area contributed by atoms with Crippen LogP contribution in [0.4, 0.5) is 5.69 Å². The van der Waals surface area contributed by atoms with Crippen LogP contribution in [-0.4, -0.2) is 14.9 Å². The van der Waals surface area contributed by atoms with Gasteiger partial charge >= 0.3 is 0 Å². The quantitative estimate of drug-likeness (QED) is 0.574. The number of rotatable bonds is 1. The second kappa shape index (κ2) is 3.05. The van der Waals surface area contributed by atoms with E-state index in [1.54, 1.807) is 13.0 Å². The molecule has 0 amide bonds. The lowest BCUT2D eigenvalue weighted by Gasteiger charge is -2.00. The Hall–Kier alpha value is -1.91. The monoisotopic (exact) mass is 205 g/mol. The van der Waals surface area contributed by atoms with Crippen LogP contribution in [-0.2, 0) is 0 Å². The number of aromatic nitrogens is 2. The van der Waals surface area contributed by atoms with Gasteiger partial charge in [-0.15, -0.1) is 0 Å². The van der Waals surface area contributed by atoms with E-state index in [-0.39, 0.29) is 10.6 Å². The molecule has 1 heterocycles. The van der Waals surface area contributed by atoms with Gasteiger partial charge in [0, 0.05) is 6.07 Å². The number of nitrogens with one attached hydrogen (secondary N) is 1. The van der Waals surface area contributed by atoms with Crippen LogP contribution in [0, 0.1) is 30.9 Å². The number of benzene rings is 1. The Bertz CT molecular complexity index is 557. The summed E-state index contributed by atoms with van der Waals surface area (Å²) in [6.45, 7) is 5.40. The van der Waals surface area contributed by atoms with Crippen LogP contribution in [0.15, 0.2) is 6.07 Å². The first-order valence-corrected chi connectivity index (χ1v) is 4.61. The Balaban J connectivity index is 2.89. The number of aryl methyl sites for hydroxylation is 3. The van der Waals surface area contributed by atoms with Crippen molar-refractivity contribution in [2.45, 2.75) is 20.8 Å². The predicted molar refractivity (Wildman–Crippen MR) is 57.0 cm³/mol. The fraction of sp³-hybridized carbons (Fsp3) is 0.300. The van der Waals surface area contributed by atoms with Crippen LogP contribution in [0.5, 0.6) is 0 Å². The number of fused-ring (bicyclic) bond motifs is 1. The topological polar surface area (TPSA) is 71.8 Å². The fourth-order valence-electron chi connectivity index (χ4n) is 1.75. The third-order valence-electron chi connectivity index (χ3n) is 2.50. The zero-order valence-corrected chi connectivity index (χ0v) is 8.79. The molecule has 78 valence electrons. The number of hydrogen-bond acceptors (Lipinski definition) is 3. The van der Waals surface area contributed by atoms with E-state index in [1.165, 1.54) is 0 Å². The van der Waals surface area contributed by atoms with Gasteiger partial charge in [0.15, 0.2) is 0 Å². The van der Waals surface area contributed by atoms with Crippen molar-refractivity contribution in [3.63, 3.8) is 0 Å². The molecule has 0 aliphatic heterocycles. The smallest absolute Gasteiger partial charge is 0.274 e. The van der Waals surface area contributed by atoms with Crippen LogP contribution in [0.25, 0.3) is 11.0 Å². The molecule has 15 heavy (non-hydrogen) atoms. The van der Waals surface area contributed by atoms with Gasteiger partial charge in [0.05, 0.1) is 21.5 Å². The molecular formula is C10H11N3O2. The van der Waals surface area contributed by atoms with Crippen molar-refractivity contribution in [1.82, 2.24) is 9.97 Å². The molecule has 0 aliphatic carbocycles. The summed E-state index contributed by atoms with van der Waals surface area (Å²) < 4.78 is 0. The van der Waals surface area contributed by atoms with E-state index in [2.05, 4.69) is 9.97 Å². The van der Waals surface area contributed by atoms with Crippen molar-refractivity contribution < 1.29 is 4.92 Å². The molecule has 1 N–H and O–H groups in total. The number of aromatic amines is 1. The summed E-state index contributed by atoms with van der Waals surface area (Å²) in [6, 6.07) is 1.57. The summed E-state index contributed by atoms with van der Waals surface area (Å²) in [7, 11) is 0. The molecule has 2 aromatic rings. The van der Waals surface area contributed by atoms with E-state index in [4.69, 9.17) is 0 Å². The second-order valence-electron chi connectivity index (χ2n) is 3.64. The Morgan fingerprint density at radius 2 is 2.07 bits per heavy atom. The minimum atomic E-state index is -0.363. The van der Waals surface area contributed by atoms with Gasteiger partial charge in [-0.1, -0.05) is 0 Å². The maximum absolute atomic E-state index is 10.8. The lowest BCUT2D eigenvalue weighted by molar-refractivity contribution is -0.385. The van der Waals surface area contributed by atoms with Gasteiger partial charge in [0.2, 0.25) is 0 Å². The number of hydrogen-bond donors (Lipinski definition) is 1.